The molecule has 120 valence electrons. The Hall–Kier alpha value is -2.40. The van der Waals surface area contributed by atoms with Gasteiger partial charge in [0.2, 0.25) is 0 Å². The summed E-state index contributed by atoms with van der Waals surface area (Å²) in [5, 5.41) is 12.5. The van der Waals surface area contributed by atoms with Crippen LogP contribution in [0.15, 0.2) is 42.7 Å². The van der Waals surface area contributed by atoms with Crippen LogP contribution in [0.4, 0.5) is 0 Å². The molecule has 0 bridgehead atoms. The first-order valence-corrected chi connectivity index (χ1v) is 7.84. The minimum Gasteiger partial charge on any atom is -0.394 e. The Labute approximate surface area is 134 Å². The Morgan fingerprint density at radius 2 is 1.70 bits per heavy atom. The summed E-state index contributed by atoms with van der Waals surface area (Å²) in [4.78, 5) is 27.4. The highest BCUT2D eigenvalue weighted by atomic mass is 16.3. The summed E-state index contributed by atoms with van der Waals surface area (Å²) >= 11 is 0. The molecule has 1 amide bonds. The molecule has 0 unspecified atom stereocenters. The number of aliphatic hydroxyl groups is 1. The molecule has 0 aliphatic heterocycles. The standard InChI is InChI=1S/C18H20N2O3/c21-12-18(8-1-2-9-18)20-17(23)14-5-3-13(4-6-14)16(22)15-7-10-19-11-15/h3-7,10-11,19,21H,1-2,8-9,12H2,(H,20,23). The summed E-state index contributed by atoms with van der Waals surface area (Å²) in [6.07, 6.45) is 6.99. The zero-order chi connectivity index (χ0) is 16.3. The molecular formula is C18H20N2O3. The number of amides is 1. The molecule has 0 spiro atoms. The number of benzene rings is 1. The average molecular weight is 312 g/mol. The number of ketones is 1. The van der Waals surface area contributed by atoms with Crippen molar-refractivity contribution in [2.24, 2.45) is 0 Å². The highest BCUT2D eigenvalue weighted by molar-refractivity contribution is 6.09. The van der Waals surface area contributed by atoms with E-state index >= 15 is 0 Å². The molecule has 3 N–H and O–H groups in total. The molecule has 1 aliphatic carbocycles. The molecule has 5 nitrogen and oxygen atoms in total. The molecular weight excluding hydrogens is 292 g/mol. The van der Waals surface area contributed by atoms with Crippen LogP contribution in [-0.4, -0.2) is 33.9 Å². The van der Waals surface area contributed by atoms with E-state index in [0.717, 1.165) is 25.7 Å². The SMILES string of the molecule is O=C(NC1(CO)CCCC1)c1ccc(C(=O)c2cc[nH]c2)cc1. The molecule has 1 aromatic heterocycles. The van der Waals surface area contributed by atoms with E-state index in [9.17, 15) is 14.7 Å². The highest BCUT2D eigenvalue weighted by Crippen LogP contribution is 2.29. The van der Waals surface area contributed by atoms with Crippen LogP contribution in [0.3, 0.4) is 0 Å². The van der Waals surface area contributed by atoms with Gasteiger partial charge in [-0.25, -0.2) is 0 Å². The zero-order valence-corrected chi connectivity index (χ0v) is 12.8. The fourth-order valence-corrected chi connectivity index (χ4v) is 3.09. The number of carbonyl (C=O) groups is 2. The number of aromatic amines is 1. The number of nitrogens with one attached hydrogen (secondary N) is 2. The second kappa shape index (κ2) is 6.38. The van der Waals surface area contributed by atoms with Crippen LogP contribution in [-0.2, 0) is 0 Å². The molecule has 1 heterocycles. The summed E-state index contributed by atoms with van der Waals surface area (Å²) in [5.41, 5.74) is 1.14. The van der Waals surface area contributed by atoms with Gasteiger partial charge >= 0.3 is 0 Å². The fraction of sp³-hybridized carbons (Fsp3) is 0.333. The van der Waals surface area contributed by atoms with E-state index in [4.69, 9.17) is 0 Å². The minimum absolute atomic E-state index is 0.0389. The first-order chi connectivity index (χ1) is 11.1. The van der Waals surface area contributed by atoms with Crippen molar-refractivity contribution in [1.82, 2.24) is 10.3 Å². The van der Waals surface area contributed by atoms with E-state index in [2.05, 4.69) is 10.3 Å². The van der Waals surface area contributed by atoms with Crippen molar-refractivity contribution < 1.29 is 14.7 Å². The molecule has 3 rings (SSSR count). The maximum Gasteiger partial charge on any atom is 0.251 e. The number of aromatic nitrogens is 1. The first-order valence-electron chi connectivity index (χ1n) is 7.84. The normalized spacial score (nSPS) is 16.2. The Kier molecular flexibility index (Phi) is 4.30. The fourth-order valence-electron chi connectivity index (χ4n) is 3.09. The van der Waals surface area contributed by atoms with E-state index < -0.39 is 5.54 Å². The van der Waals surface area contributed by atoms with E-state index in [-0.39, 0.29) is 18.3 Å². The molecule has 2 aromatic rings. The second-order valence-electron chi connectivity index (χ2n) is 6.11. The first kappa shape index (κ1) is 15.5. The van der Waals surface area contributed by atoms with E-state index in [0.29, 0.717) is 16.7 Å². The third-order valence-electron chi connectivity index (χ3n) is 4.51. The number of H-pyrrole nitrogens is 1. The van der Waals surface area contributed by atoms with Crippen molar-refractivity contribution in [3.63, 3.8) is 0 Å². The van der Waals surface area contributed by atoms with Crippen molar-refractivity contribution in [1.29, 1.82) is 0 Å². The molecule has 0 atom stereocenters. The van der Waals surface area contributed by atoms with E-state index in [1.165, 1.54) is 0 Å². The van der Waals surface area contributed by atoms with Crippen LogP contribution >= 0.6 is 0 Å². The Morgan fingerprint density at radius 1 is 1.04 bits per heavy atom. The van der Waals surface area contributed by atoms with Crippen LogP contribution in [0.1, 0.15) is 52.0 Å². The van der Waals surface area contributed by atoms with Crippen molar-refractivity contribution in [3.8, 4) is 0 Å². The van der Waals surface area contributed by atoms with Gasteiger partial charge in [-0.2, -0.15) is 0 Å². The summed E-state index contributed by atoms with van der Waals surface area (Å²) in [6, 6.07) is 8.33. The summed E-state index contributed by atoms with van der Waals surface area (Å²) in [6.45, 7) is -0.0389. The Bertz CT molecular complexity index is 684. The largest absolute Gasteiger partial charge is 0.394 e. The molecule has 1 aliphatic rings. The number of rotatable bonds is 5. The Balaban J connectivity index is 1.72. The highest BCUT2D eigenvalue weighted by Gasteiger charge is 2.34. The predicted octanol–water partition coefficient (Wildman–Crippen LogP) is 2.28. The van der Waals surface area contributed by atoms with Gasteiger partial charge < -0.3 is 15.4 Å². The number of aliphatic hydroxyl groups excluding tert-OH is 1. The van der Waals surface area contributed by atoms with Crippen LogP contribution in [0, 0.1) is 0 Å². The topological polar surface area (TPSA) is 82.2 Å². The maximum atomic E-state index is 12.4. The third-order valence-corrected chi connectivity index (χ3v) is 4.51. The van der Waals surface area contributed by atoms with Gasteiger partial charge in [0.15, 0.2) is 5.78 Å². The van der Waals surface area contributed by atoms with Crippen LogP contribution < -0.4 is 5.32 Å². The zero-order valence-electron chi connectivity index (χ0n) is 12.8. The van der Waals surface area contributed by atoms with Crippen LogP contribution in [0.2, 0.25) is 0 Å². The molecule has 1 saturated carbocycles. The lowest BCUT2D eigenvalue weighted by atomic mass is 9.97. The van der Waals surface area contributed by atoms with Gasteiger partial charge in [0, 0.05) is 29.1 Å². The van der Waals surface area contributed by atoms with Gasteiger partial charge in [0.05, 0.1) is 12.1 Å². The van der Waals surface area contributed by atoms with Crippen molar-refractivity contribution in [2.45, 2.75) is 31.2 Å². The molecule has 0 radical (unpaired) electrons. The molecule has 23 heavy (non-hydrogen) atoms. The van der Waals surface area contributed by atoms with Gasteiger partial charge in [-0.05, 0) is 31.0 Å². The van der Waals surface area contributed by atoms with Crippen LogP contribution in [0.5, 0.6) is 0 Å². The van der Waals surface area contributed by atoms with Gasteiger partial charge in [-0.1, -0.05) is 25.0 Å². The summed E-state index contributed by atoms with van der Waals surface area (Å²) in [7, 11) is 0. The lowest BCUT2D eigenvalue weighted by Crippen LogP contribution is -2.49. The molecule has 1 fully saturated rings. The number of hydrogen-bond donors (Lipinski definition) is 3. The molecule has 1 aromatic carbocycles. The molecule has 5 heteroatoms. The number of carbonyl (C=O) groups excluding carboxylic acids is 2. The Morgan fingerprint density at radius 3 is 2.26 bits per heavy atom. The van der Waals surface area contributed by atoms with Gasteiger partial charge in [-0.15, -0.1) is 0 Å². The average Bonchev–Trinajstić information content (AvgIpc) is 3.26. The monoisotopic (exact) mass is 312 g/mol. The van der Waals surface area contributed by atoms with Gasteiger partial charge in [0.1, 0.15) is 0 Å². The van der Waals surface area contributed by atoms with Gasteiger partial charge in [0.25, 0.3) is 5.91 Å². The minimum atomic E-state index is -0.489. The molecule has 0 saturated heterocycles. The predicted molar refractivity (Wildman–Crippen MR) is 86.4 cm³/mol. The second-order valence-corrected chi connectivity index (χ2v) is 6.11. The summed E-state index contributed by atoms with van der Waals surface area (Å²) in [5.74, 6) is -0.289. The lowest BCUT2D eigenvalue weighted by molar-refractivity contribution is 0.0838. The smallest absolute Gasteiger partial charge is 0.251 e. The quantitative estimate of drug-likeness (QED) is 0.741. The third kappa shape index (κ3) is 3.19. The van der Waals surface area contributed by atoms with E-state index in [1.807, 2.05) is 0 Å². The van der Waals surface area contributed by atoms with Crippen molar-refractivity contribution >= 4 is 11.7 Å². The maximum absolute atomic E-state index is 12.4. The number of hydrogen-bond acceptors (Lipinski definition) is 3. The van der Waals surface area contributed by atoms with Gasteiger partial charge in [-0.3, -0.25) is 9.59 Å². The lowest BCUT2D eigenvalue weighted by Gasteiger charge is -2.28. The summed E-state index contributed by atoms with van der Waals surface area (Å²) < 4.78 is 0. The van der Waals surface area contributed by atoms with Crippen molar-refractivity contribution in [2.75, 3.05) is 6.61 Å². The van der Waals surface area contributed by atoms with E-state index in [1.54, 1.807) is 42.7 Å². The van der Waals surface area contributed by atoms with Crippen LogP contribution in [0.25, 0.3) is 0 Å². The van der Waals surface area contributed by atoms with Crippen molar-refractivity contribution in [3.05, 3.63) is 59.4 Å².